The van der Waals surface area contributed by atoms with Gasteiger partial charge in [-0.25, -0.2) is 4.39 Å². The van der Waals surface area contributed by atoms with Gasteiger partial charge >= 0.3 is 0 Å². The van der Waals surface area contributed by atoms with Crippen LogP contribution in [0.4, 0.5) is 10.1 Å². The highest BCUT2D eigenvalue weighted by Crippen LogP contribution is 2.22. The number of halogens is 2. The predicted molar refractivity (Wildman–Crippen MR) is 45.1 cm³/mol. The van der Waals surface area contributed by atoms with Crippen molar-refractivity contribution < 1.29 is 4.39 Å². The van der Waals surface area contributed by atoms with Crippen LogP contribution in [0.25, 0.3) is 0 Å². The molecular weight excluding hydrogens is 179 g/mol. The van der Waals surface area contributed by atoms with Crippen LogP contribution in [0.1, 0.15) is 5.56 Å². The lowest BCUT2D eigenvalue weighted by Crippen LogP contribution is -1.97. The van der Waals surface area contributed by atoms with Gasteiger partial charge in [0.2, 0.25) is 0 Å². The van der Waals surface area contributed by atoms with E-state index in [1.54, 1.807) is 0 Å². The summed E-state index contributed by atoms with van der Waals surface area (Å²) < 4.78 is 12.8. The molecule has 0 saturated carbocycles. The van der Waals surface area contributed by atoms with E-state index in [9.17, 15) is 4.39 Å². The van der Waals surface area contributed by atoms with E-state index in [0.29, 0.717) is 5.56 Å². The van der Waals surface area contributed by atoms with Crippen LogP contribution in [0.3, 0.4) is 0 Å². The number of nitriles is 1. The van der Waals surface area contributed by atoms with Crippen LogP contribution in [0.2, 0.25) is 5.02 Å². The molecule has 0 heterocycles. The molecule has 62 valence electrons. The molecule has 0 amide bonds. The summed E-state index contributed by atoms with van der Waals surface area (Å²) in [6, 6.07) is 4.49. The van der Waals surface area contributed by atoms with Gasteiger partial charge in [-0.1, -0.05) is 11.6 Å². The van der Waals surface area contributed by atoms with E-state index in [-0.39, 0.29) is 17.1 Å². The van der Waals surface area contributed by atoms with Gasteiger partial charge in [0.05, 0.1) is 18.2 Å². The molecule has 4 heteroatoms. The fourth-order valence-corrected chi connectivity index (χ4v) is 1.10. The first kappa shape index (κ1) is 8.82. The third kappa shape index (κ3) is 1.66. The van der Waals surface area contributed by atoms with Crippen LogP contribution in [-0.2, 0) is 6.42 Å². The van der Waals surface area contributed by atoms with Crippen LogP contribution < -0.4 is 5.73 Å². The first-order chi connectivity index (χ1) is 5.65. The zero-order valence-corrected chi connectivity index (χ0v) is 6.90. The number of nitrogens with zero attached hydrogens (tertiary/aromatic N) is 1. The Morgan fingerprint density at radius 2 is 2.25 bits per heavy atom. The third-order valence-corrected chi connectivity index (χ3v) is 1.67. The minimum absolute atomic E-state index is 0.000880. The normalized spacial score (nSPS) is 9.42. The van der Waals surface area contributed by atoms with Crippen molar-refractivity contribution in [2.75, 3.05) is 5.73 Å². The summed E-state index contributed by atoms with van der Waals surface area (Å²) in [5.74, 6) is -0.576. The molecule has 12 heavy (non-hydrogen) atoms. The molecule has 0 atom stereocenters. The Balaban J connectivity index is 3.20. The monoisotopic (exact) mass is 184 g/mol. The highest BCUT2D eigenvalue weighted by molar-refractivity contribution is 6.30. The van der Waals surface area contributed by atoms with Gasteiger partial charge in [-0.2, -0.15) is 5.26 Å². The number of nitrogens with two attached hydrogens (primary N) is 1. The summed E-state index contributed by atoms with van der Waals surface area (Å²) in [4.78, 5) is 0. The predicted octanol–water partition coefficient (Wildman–Crippen LogP) is 2.13. The van der Waals surface area contributed by atoms with E-state index >= 15 is 0 Å². The van der Waals surface area contributed by atoms with Crippen LogP contribution >= 0.6 is 11.6 Å². The number of rotatable bonds is 1. The quantitative estimate of drug-likeness (QED) is 0.680. The Morgan fingerprint density at radius 1 is 1.58 bits per heavy atom. The topological polar surface area (TPSA) is 49.8 Å². The molecule has 1 aromatic rings. The standard InChI is InChI=1S/C8H6ClFN2/c9-6-3-5(1-2-11)8(12)7(10)4-6/h3-4H,1,12H2. The van der Waals surface area contributed by atoms with Gasteiger partial charge in [0, 0.05) is 5.02 Å². The fourth-order valence-electron chi connectivity index (χ4n) is 0.869. The Bertz CT molecular complexity index is 344. The number of hydrogen-bond acceptors (Lipinski definition) is 2. The van der Waals surface area contributed by atoms with Crippen molar-refractivity contribution in [1.82, 2.24) is 0 Å². The summed E-state index contributed by atoms with van der Waals surface area (Å²) in [6.07, 6.45) is 0.0727. The van der Waals surface area contributed by atoms with E-state index in [1.165, 1.54) is 6.07 Å². The van der Waals surface area contributed by atoms with E-state index in [1.807, 2.05) is 6.07 Å². The van der Waals surface area contributed by atoms with E-state index in [2.05, 4.69) is 0 Å². The first-order valence-corrected chi connectivity index (χ1v) is 3.63. The molecule has 1 aromatic carbocycles. The van der Waals surface area contributed by atoms with Crippen molar-refractivity contribution in [2.45, 2.75) is 6.42 Å². The van der Waals surface area contributed by atoms with Gasteiger partial charge in [0.25, 0.3) is 0 Å². The molecule has 1 rings (SSSR count). The lowest BCUT2D eigenvalue weighted by atomic mass is 10.1. The van der Waals surface area contributed by atoms with Gasteiger partial charge in [0.15, 0.2) is 0 Å². The van der Waals surface area contributed by atoms with Crippen molar-refractivity contribution >= 4 is 17.3 Å². The summed E-state index contributed by atoms with van der Waals surface area (Å²) in [6.45, 7) is 0. The molecule has 0 aliphatic rings. The molecule has 0 aliphatic carbocycles. The minimum Gasteiger partial charge on any atom is -0.396 e. The molecule has 0 saturated heterocycles. The van der Waals surface area contributed by atoms with Gasteiger partial charge in [-0.05, 0) is 17.7 Å². The Labute approximate surface area is 74.4 Å². The maximum atomic E-state index is 12.8. The zero-order valence-electron chi connectivity index (χ0n) is 6.14. The van der Waals surface area contributed by atoms with Crippen molar-refractivity contribution in [3.8, 4) is 6.07 Å². The van der Waals surface area contributed by atoms with E-state index in [0.717, 1.165) is 6.07 Å². The molecule has 0 bridgehead atoms. The number of benzene rings is 1. The number of nitrogen functional groups attached to an aromatic ring is 1. The van der Waals surface area contributed by atoms with Gasteiger partial charge in [0.1, 0.15) is 5.82 Å². The molecule has 2 N–H and O–H groups in total. The molecule has 0 fully saturated rings. The third-order valence-electron chi connectivity index (χ3n) is 1.45. The Morgan fingerprint density at radius 3 is 2.83 bits per heavy atom. The maximum Gasteiger partial charge on any atom is 0.147 e. The molecule has 0 spiro atoms. The van der Waals surface area contributed by atoms with Crippen molar-refractivity contribution in [3.05, 3.63) is 28.5 Å². The van der Waals surface area contributed by atoms with E-state index < -0.39 is 5.82 Å². The van der Waals surface area contributed by atoms with Gasteiger partial charge in [-0.15, -0.1) is 0 Å². The van der Waals surface area contributed by atoms with Crippen molar-refractivity contribution in [2.24, 2.45) is 0 Å². The second kappa shape index (κ2) is 3.42. The lowest BCUT2D eigenvalue weighted by Gasteiger charge is -2.02. The SMILES string of the molecule is N#CCc1cc(Cl)cc(F)c1N. The fraction of sp³-hybridized carbons (Fsp3) is 0.125. The van der Waals surface area contributed by atoms with Crippen molar-refractivity contribution in [3.63, 3.8) is 0 Å². The average Bonchev–Trinajstić information content (AvgIpc) is 2.00. The summed E-state index contributed by atoms with van der Waals surface area (Å²) in [7, 11) is 0. The molecule has 2 nitrogen and oxygen atoms in total. The summed E-state index contributed by atoms with van der Waals surface area (Å²) in [5.41, 5.74) is 5.79. The van der Waals surface area contributed by atoms with Crippen LogP contribution in [0.15, 0.2) is 12.1 Å². The zero-order chi connectivity index (χ0) is 9.14. The van der Waals surface area contributed by atoms with Crippen molar-refractivity contribution in [1.29, 1.82) is 5.26 Å². The number of hydrogen-bond donors (Lipinski definition) is 1. The summed E-state index contributed by atoms with van der Waals surface area (Å²) in [5, 5.41) is 8.61. The molecule has 0 unspecified atom stereocenters. The minimum atomic E-state index is -0.576. The number of anilines is 1. The van der Waals surface area contributed by atoms with Crippen LogP contribution in [0, 0.1) is 17.1 Å². The second-order valence-electron chi connectivity index (χ2n) is 2.30. The average molecular weight is 185 g/mol. The van der Waals surface area contributed by atoms with Crippen LogP contribution in [0.5, 0.6) is 0 Å². The smallest absolute Gasteiger partial charge is 0.147 e. The molecule has 0 radical (unpaired) electrons. The van der Waals surface area contributed by atoms with Gasteiger partial charge in [-0.3, -0.25) is 0 Å². The summed E-state index contributed by atoms with van der Waals surface area (Å²) >= 11 is 5.55. The molecule has 0 aliphatic heterocycles. The molecule has 0 aromatic heterocycles. The van der Waals surface area contributed by atoms with Gasteiger partial charge < -0.3 is 5.73 Å². The van der Waals surface area contributed by atoms with E-state index in [4.69, 9.17) is 22.6 Å². The maximum absolute atomic E-state index is 12.8. The molecular formula is C8H6ClFN2. The second-order valence-corrected chi connectivity index (χ2v) is 2.73. The van der Waals surface area contributed by atoms with Crippen LogP contribution in [-0.4, -0.2) is 0 Å². The largest absolute Gasteiger partial charge is 0.396 e. The Kier molecular flexibility index (Phi) is 2.51. The highest BCUT2D eigenvalue weighted by Gasteiger charge is 2.05. The Hall–Kier alpha value is -1.27. The first-order valence-electron chi connectivity index (χ1n) is 3.25. The lowest BCUT2D eigenvalue weighted by molar-refractivity contribution is 0.631. The highest BCUT2D eigenvalue weighted by atomic mass is 35.5.